The van der Waals surface area contributed by atoms with Crippen LogP contribution in [-0.4, -0.2) is 0 Å². The van der Waals surface area contributed by atoms with Crippen LogP contribution in [0.5, 0.6) is 0 Å². The van der Waals surface area contributed by atoms with Gasteiger partial charge in [0.25, 0.3) is 0 Å². The van der Waals surface area contributed by atoms with Gasteiger partial charge in [0.15, 0.2) is 0 Å². The van der Waals surface area contributed by atoms with Crippen LogP contribution in [-0.2, 0) is 11.0 Å². The molecule has 2 N–H and O–H groups in total. The summed E-state index contributed by atoms with van der Waals surface area (Å²) in [5.74, 6) is 0.361. The number of nitrogens with two attached hydrogens (primary N) is 1. The number of fused-ring (bicyclic) bond motifs is 7. The third kappa shape index (κ3) is 3.67. The van der Waals surface area contributed by atoms with Crippen LogP contribution in [0, 0.1) is 0 Å². The summed E-state index contributed by atoms with van der Waals surface area (Å²) in [5.41, 5.74) is 24.3. The van der Waals surface area contributed by atoms with E-state index in [-0.39, 0.29) is 11.0 Å². The molecule has 1 saturated carbocycles. The Labute approximate surface area is 271 Å². The van der Waals surface area contributed by atoms with Gasteiger partial charge in [-0.1, -0.05) is 140 Å². The lowest BCUT2D eigenvalue weighted by molar-refractivity contribution is 0.706. The Morgan fingerprint density at radius 2 is 1.17 bits per heavy atom. The van der Waals surface area contributed by atoms with Crippen molar-refractivity contribution in [3.8, 4) is 33.4 Å². The molecule has 0 aromatic heterocycles. The third-order valence-corrected chi connectivity index (χ3v) is 10.9. The van der Waals surface area contributed by atoms with Gasteiger partial charge < -0.3 is 5.73 Å². The first-order valence-electron chi connectivity index (χ1n) is 16.3. The maximum absolute atomic E-state index is 7.00. The molecule has 0 heterocycles. The van der Waals surface area contributed by atoms with Gasteiger partial charge in [-0.3, -0.25) is 0 Å². The molecule has 9 rings (SSSR count). The Morgan fingerprint density at radius 1 is 0.587 bits per heavy atom. The first kappa shape index (κ1) is 27.1. The predicted octanol–water partition coefficient (Wildman–Crippen LogP) is 10.6. The zero-order valence-electron chi connectivity index (χ0n) is 26.0. The fourth-order valence-electron chi connectivity index (χ4n) is 8.62. The fourth-order valence-corrected chi connectivity index (χ4v) is 8.62. The molecule has 0 saturated heterocycles. The lowest BCUT2D eigenvalue weighted by Gasteiger charge is -2.31. The van der Waals surface area contributed by atoms with Crippen LogP contribution in [0.2, 0.25) is 0 Å². The van der Waals surface area contributed by atoms with Gasteiger partial charge >= 0.3 is 0 Å². The fraction of sp³-hybridized carbons (Fsp3) is 0.111. The van der Waals surface area contributed by atoms with E-state index in [0.717, 1.165) is 6.42 Å². The highest BCUT2D eigenvalue weighted by Gasteiger charge is 2.53. The van der Waals surface area contributed by atoms with Gasteiger partial charge in [-0.2, -0.15) is 0 Å². The highest BCUT2D eigenvalue weighted by molar-refractivity contribution is 5.96. The molecular formula is C45H35N. The molecule has 1 spiro atoms. The predicted molar refractivity (Wildman–Crippen MR) is 192 cm³/mol. The molecule has 1 nitrogen and oxygen atoms in total. The van der Waals surface area contributed by atoms with E-state index in [4.69, 9.17) is 5.73 Å². The Hall–Kier alpha value is -5.24. The molecule has 3 aliphatic carbocycles. The first-order valence-corrected chi connectivity index (χ1v) is 16.3. The molecule has 0 aliphatic heterocycles. The van der Waals surface area contributed by atoms with Gasteiger partial charge in [0.2, 0.25) is 0 Å². The van der Waals surface area contributed by atoms with Crippen LogP contribution in [0.1, 0.15) is 52.6 Å². The Balaban J connectivity index is 1.13. The summed E-state index contributed by atoms with van der Waals surface area (Å²) >= 11 is 0. The Morgan fingerprint density at radius 3 is 1.91 bits per heavy atom. The maximum Gasteiger partial charge on any atom is 0.0722 e. The van der Waals surface area contributed by atoms with Gasteiger partial charge in [-0.05, 0) is 109 Å². The van der Waals surface area contributed by atoms with Crippen LogP contribution in [0.3, 0.4) is 0 Å². The average Bonchev–Trinajstić information content (AvgIpc) is 3.66. The molecular weight excluding hydrogens is 555 g/mol. The van der Waals surface area contributed by atoms with E-state index in [1.165, 1.54) is 77.9 Å². The highest BCUT2D eigenvalue weighted by atomic mass is 14.9. The molecule has 220 valence electrons. The monoisotopic (exact) mass is 589 g/mol. The normalized spacial score (nSPS) is 22.0. The summed E-state index contributed by atoms with van der Waals surface area (Å²) in [6.45, 7) is 6.57. The molecule has 0 radical (unpaired) electrons. The highest BCUT2D eigenvalue weighted by Crippen LogP contribution is 2.62. The van der Waals surface area contributed by atoms with Crippen LogP contribution in [0.4, 0.5) is 0 Å². The van der Waals surface area contributed by atoms with Crippen molar-refractivity contribution >= 4 is 5.57 Å². The van der Waals surface area contributed by atoms with Crippen molar-refractivity contribution in [3.05, 3.63) is 197 Å². The lowest BCUT2D eigenvalue weighted by atomic mass is 9.69. The first-order chi connectivity index (χ1) is 22.5. The zero-order chi connectivity index (χ0) is 31.0. The van der Waals surface area contributed by atoms with E-state index in [0.29, 0.717) is 5.92 Å². The minimum atomic E-state index is -0.340. The number of benzene rings is 6. The molecule has 6 aromatic rings. The van der Waals surface area contributed by atoms with Crippen molar-refractivity contribution in [2.75, 3.05) is 0 Å². The van der Waals surface area contributed by atoms with Crippen molar-refractivity contribution in [1.82, 2.24) is 0 Å². The molecule has 3 atom stereocenters. The number of rotatable bonds is 5. The second kappa shape index (κ2) is 9.88. The van der Waals surface area contributed by atoms with Gasteiger partial charge in [-0.25, -0.2) is 0 Å². The van der Waals surface area contributed by atoms with Gasteiger partial charge in [0.1, 0.15) is 0 Å². The lowest BCUT2D eigenvalue weighted by Crippen LogP contribution is -2.26. The van der Waals surface area contributed by atoms with E-state index >= 15 is 0 Å². The number of allylic oxidation sites excluding steroid dienone is 3. The summed E-state index contributed by atoms with van der Waals surface area (Å²) in [6.07, 6.45) is 3.06. The molecule has 6 aromatic carbocycles. The van der Waals surface area contributed by atoms with E-state index in [9.17, 15) is 0 Å². The van der Waals surface area contributed by atoms with Crippen molar-refractivity contribution in [3.63, 3.8) is 0 Å². The summed E-state index contributed by atoms with van der Waals surface area (Å²) in [7, 11) is 0. The largest absolute Gasteiger partial charge is 0.321 e. The maximum atomic E-state index is 7.00. The quantitative estimate of drug-likeness (QED) is 0.213. The smallest absolute Gasteiger partial charge is 0.0722 e. The van der Waals surface area contributed by atoms with Crippen molar-refractivity contribution in [1.29, 1.82) is 0 Å². The molecule has 46 heavy (non-hydrogen) atoms. The van der Waals surface area contributed by atoms with Crippen molar-refractivity contribution in [2.45, 2.75) is 30.2 Å². The Kier molecular flexibility index (Phi) is 5.82. The molecule has 0 amide bonds. The number of hydrogen-bond acceptors (Lipinski definition) is 1. The van der Waals surface area contributed by atoms with E-state index in [2.05, 4.69) is 165 Å². The van der Waals surface area contributed by atoms with Crippen LogP contribution in [0.25, 0.3) is 39.0 Å². The van der Waals surface area contributed by atoms with Crippen LogP contribution < -0.4 is 5.73 Å². The average molecular weight is 590 g/mol. The second-order valence-electron chi connectivity index (χ2n) is 13.2. The van der Waals surface area contributed by atoms with Gasteiger partial charge in [-0.15, -0.1) is 0 Å². The molecule has 1 heteroatoms. The van der Waals surface area contributed by atoms with E-state index in [1.54, 1.807) is 0 Å². The second-order valence-corrected chi connectivity index (χ2v) is 13.2. The summed E-state index contributed by atoms with van der Waals surface area (Å²) in [5, 5.41) is 0. The summed E-state index contributed by atoms with van der Waals surface area (Å²) < 4.78 is 0. The summed E-state index contributed by atoms with van der Waals surface area (Å²) in [6, 6.07) is 53.4. The molecule has 1 fully saturated rings. The zero-order valence-corrected chi connectivity index (χ0v) is 26.0. The standard InChI is InChI=1S/C45H35N/c1-3-39-29(2)36-19-7-9-21-40(36)45(39)41-22-10-8-20-37(41)38-27-34(23-24-42(38)45)32-16-11-15-31(25-32)33-17-12-18-35(26-33)44(46)28-43(44)30-13-5-4-6-14-30/h3-27,43H,1,28,46H2,2H3. The SMILES string of the molecule is C=CC1=C(C)c2ccccc2C12c1ccccc1-c1cc(-c3cccc(-c4cccc(C5(N)CC5c5ccccc5)c4)c3)ccc12. The molecule has 0 bridgehead atoms. The number of hydrogen-bond donors (Lipinski definition) is 1. The van der Waals surface area contributed by atoms with E-state index in [1.807, 2.05) is 0 Å². The molecule has 3 aliphatic rings. The topological polar surface area (TPSA) is 26.0 Å². The Bertz CT molecular complexity index is 2240. The minimum absolute atomic E-state index is 0.311. The minimum Gasteiger partial charge on any atom is -0.321 e. The van der Waals surface area contributed by atoms with Crippen LogP contribution in [0.15, 0.2) is 164 Å². The van der Waals surface area contributed by atoms with Gasteiger partial charge in [0.05, 0.1) is 5.41 Å². The molecule has 3 unspecified atom stereocenters. The van der Waals surface area contributed by atoms with E-state index < -0.39 is 0 Å². The van der Waals surface area contributed by atoms with Gasteiger partial charge in [0, 0.05) is 11.5 Å². The van der Waals surface area contributed by atoms with Crippen molar-refractivity contribution < 1.29 is 0 Å². The third-order valence-electron chi connectivity index (χ3n) is 10.9. The summed E-state index contributed by atoms with van der Waals surface area (Å²) in [4.78, 5) is 0. The van der Waals surface area contributed by atoms with Crippen LogP contribution >= 0.6 is 0 Å². The van der Waals surface area contributed by atoms with Crippen molar-refractivity contribution in [2.24, 2.45) is 5.73 Å².